The second-order valence-electron chi connectivity index (χ2n) is 5.20. The van der Waals surface area contributed by atoms with Crippen LogP contribution in [0.25, 0.3) is 0 Å². The van der Waals surface area contributed by atoms with E-state index in [-0.39, 0.29) is 18.2 Å². The number of nitrogens with one attached hydrogen (secondary N) is 1. The Morgan fingerprint density at radius 1 is 1.00 bits per heavy atom. The van der Waals surface area contributed by atoms with Crippen molar-refractivity contribution in [2.24, 2.45) is 0 Å². The van der Waals surface area contributed by atoms with Crippen molar-refractivity contribution in [2.45, 2.75) is 20.3 Å². The number of hydrogen-bond acceptors (Lipinski definition) is 2. The van der Waals surface area contributed by atoms with Crippen LogP contribution in [0.2, 0.25) is 0 Å². The van der Waals surface area contributed by atoms with Crippen LogP contribution in [0.1, 0.15) is 27.0 Å². The highest BCUT2D eigenvalue weighted by Gasteiger charge is 2.10. The van der Waals surface area contributed by atoms with Gasteiger partial charge in [0.2, 0.25) is 0 Å². The van der Waals surface area contributed by atoms with Crippen LogP contribution in [0.15, 0.2) is 48.5 Å². The highest BCUT2D eigenvalue weighted by atomic mass is 16.2. The van der Waals surface area contributed by atoms with Crippen molar-refractivity contribution in [2.75, 3.05) is 6.54 Å². The van der Waals surface area contributed by atoms with Crippen LogP contribution in [-0.2, 0) is 11.2 Å². The van der Waals surface area contributed by atoms with E-state index in [1.807, 2.05) is 56.3 Å². The Labute approximate surface area is 125 Å². The van der Waals surface area contributed by atoms with E-state index in [2.05, 4.69) is 5.32 Å². The summed E-state index contributed by atoms with van der Waals surface area (Å²) in [6.07, 6.45) is 0.343. The Kier molecular flexibility index (Phi) is 4.88. The summed E-state index contributed by atoms with van der Waals surface area (Å²) in [4.78, 5) is 23.9. The molecule has 21 heavy (non-hydrogen) atoms. The van der Waals surface area contributed by atoms with Gasteiger partial charge >= 0.3 is 0 Å². The normalized spacial score (nSPS) is 10.2. The Balaban J connectivity index is 1.90. The van der Waals surface area contributed by atoms with E-state index in [1.54, 1.807) is 6.07 Å². The van der Waals surface area contributed by atoms with Gasteiger partial charge in [0, 0.05) is 12.0 Å². The third-order valence-corrected chi connectivity index (χ3v) is 3.32. The molecule has 0 spiro atoms. The van der Waals surface area contributed by atoms with Crippen molar-refractivity contribution in [3.63, 3.8) is 0 Å². The smallest absolute Gasteiger partial charge is 0.251 e. The molecule has 0 aromatic heterocycles. The van der Waals surface area contributed by atoms with Gasteiger partial charge in [-0.2, -0.15) is 0 Å². The standard InChI is InChI=1S/C18H19NO2/c1-13-6-5-8-15(10-13)11-16(20)12-19-18(21)17-9-4-3-7-14(17)2/h3-10H,11-12H2,1-2H3,(H,19,21). The molecular weight excluding hydrogens is 262 g/mol. The molecule has 0 aliphatic rings. The summed E-state index contributed by atoms with van der Waals surface area (Å²) in [6, 6.07) is 15.2. The Hall–Kier alpha value is -2.42. The molecule has 0 bridgehead atoms. The first-order valence-corrected chi connectivity index (χ1v) is 6.97. The fourth-order valence-electron chi connectivity index (χ4n) is 2.21. The lowest BCUT2D eigenvalue weighted by Gasteiger charge is -2.07. The second-order valence-corrected chi connectivity index (χ2v) is 5.20. The van der Waals surface area contributed by atoms with E-state index >= 15 is 0 Å². The quantitative estimate of drug-likeness (QED) is 0.916. The Morgan fingerprint density at radius 3 is 2.48 bits per heavy atom. The summed E-state index contributed by atoms with van der Waals surface area (Å²) >= 11 is 0. The third kappa shape index (κ3) is 4.28. The van der Waals surface area contributed by atoms with Crippen LogP contribution in [0.3, 0.4) is 0 Å². The molecule has 0 fully saturated rings. The molecule has 0 aliphatic heterocycles. The number of aryl methyl sites for hydroxylation is 2. The van der Waals surface area contributed by atoms with Gasteiger partial charge in [-0.1, -0.05) is 48.0 Å². The van der Waals surface area contributed by atoms with Gasteiger partial charge in [-0.3, -0.25) is 9.59 Å². The first-order chi connectivity index (χ1) is 10.1. The molecule has 1 amide bonds. The number of amides is 1. The van der Waals surface area contributed by atoms with E-state index < -0.39 is 0 Å². The van der Waals surface area contributed by atoms with Gasteiger partial charge in [-0.25, -0.2) is 0 Å². The molecule has 2 aromatic carbocycles. The molecule has 0 atom stereocenters. The molecule has 3 nitrogen and oxygen atoms in total. The van der Waals surface area contributed by atoms with Crippen molar-refractivity contribution in [1.82, 2.24) is 5.32 Å². The summed E-state index contributed by atoms with van der Waals surface area (Å²) in [5.74, 6) is -0.201. The first kappa shape index (κ1) is 15.0. The summed E-state index contributed by atoms with van der Waals surface area (Å²) in [5, 5.41) is 2.69. The van der Waals surface area contributed by atoms with Crippen LogP contribution in [0.5, 0.6) is 0 Å². The maximum Gasteiger partial charge on any atom is 0.251 e. The van der Waals surface area contributed by atoms with Crippen LogP contribution in [0.4, 0.5) is 0 Å². The number of carbonyl (C=O) groups excluding carboxylic acids is 2. The number of rotatable bonds is 5. The van der Waals surface area contributed by atoms with Crippen molar-refractivity contribution in [3.05, 3.63) is 70.8 Å². The van der Waals surface area contributed by atoms with Gasteiger partial charge in [0.1, 0.15) is 0 Å². The molecule has 0 saturated heterocycles. The number of ketones is 1. The zero-order valence-corrected chi connectivity index (χ0v) is 12.3. The SMILES string of the molecule is Cc1cccc(CC(=O)CNC(=O)c2ccccc2C)c1. The molecule has 0 heterocycles. The van der Waals surface area contributed by atoms with Crippen molar-refractivity contribution in [1.29, 1.82) is 0 Å². The predicted octanol–water partition coefficient (Wildman–Crippen LogP) is 2.85. The number of hydrogen-bond donors (Lipinski definition) is 1. The van der Waals surface area contributed by atoms with Crippen molar-refractivity contribution >= 4 is 11.7 Å². The van der Waals surface area contributed by atoms with Gasteiger partial charge in [-0.05, 0) is 31.0 Å². The summed E-state index contributed by atoms with van der Waals surface area (Å²) in [7, 11) is 0. The van der Waals surface area contributed by atoms with E-state index in [0.717, 1.165) is 16.7 Å². The summed E-state index contributed by atoms with van der Waals surface area (Å²) in [6.45, 7) is 3.93. The topological polar surface area (TPSA) is 46.2 Å². The van der Waals surface area contributed by atoms with E-state index in [1.165, 1.54) is 0 Å². The maximum absolute atomic E-state index is 12.0. The molecular formula is C18H19NO2. The van der Waals surface area contributed by atoms with Crippen molar-refractivity contribution < 1.29 is 9.59 Å². The molecule has 2 aromatic rings. The maximum atomic E-state index is 12.0. The van der Waals surface area contributed by atoms with Crippen LogP contribution in [0, 0.1) is 13.8 Å². The Bertz CT molecular complexity index is 662. The molecule has 0 aliphatic carbocycles. The molecule has 108 valence electrons. The fraction of sp³-hybridized carbons (Fsp3) is 0.222. The Morgan fingerprint density at radius 2 is 1.76 bits per heavy atom. The predicted molar refractivity (Wildman–Crippen MR) is 83.4 cm³/mol. The van der Waals surface area contributed by atoms with E-state index in [9.17, 15) is 9.59 Å². The van der Waals surface area contributed by atoms with Crippen LogP contribution < -0.4 is 5.32 Å². The fourth-order valence-corrected chi connectivity index (χ4v) is 2.21. The van der Waals surface area contributed by atoms with Crippen LogP contribution in [-0.4, -0.2) is 18.2 Å². The van der Waals surface area contributed by atoms with E-state index in [4.69, 9.17) is 0 Å². The van der Waals surface area contributed by atoms with Gasteiger partial charge in [0.05, 0.1) is 6.54 Å². The minimum absolute atomic E-state index is 0.00235. The molecule has 1 N–H and O–H groups in total. The number of Topliss-reactive ketones (excluding diaryl/α,β-unsaturated/α-hetero) is 1. The average Bonchev–Trinajstić information content (AvgIpc) is 2.45. The lowest BCUT2D eigenvalue weighted by Crippen LogP contribution is -2.30. The largest absolute Gasteiger partial charge is 0.345 e. The zero-order chi connectivity index (χ0) is 15.2. The van der Waals surface area contributed by atoms with Gasteiger partial charge < -0.3 is 5.32 Å². The highest BCUT2D eigenvalue weighted by molar-refractivity contribution is 5.98. The molecule has 3 heteroatoms. The molecule has 0 radical (unpaired) electrons. The lowest BCUT2D eigenvalue weighted by molar-refractivity contribution is -0.117. The van der Waals surface area contributed by atoms with Crippen molar-refractivity contribution in [3.8, 4) is 0 Å². The minimum atomic E-state index is -0.203. The summed E-state index contributed by atoms with van der Waals surface area (Å²) < 4.78 is 0. The molecule has 0 saturated carbocycles. The van der Waals surface area contributed by atoms with Gasteiger partial charge in [0.15, 0.2) is 5.78 Å². The monoisotopic (exact) mass is 281 g/mol. The minimum Gasteiger partial charge on any atom is -0.345 e. The van der Waals surface area contributed by atoms with Gasteiger partial charge in [-0.15, -0.1) is 0 Å². The van der Waals surface area contributed by atoms with Crippen LogP contribution >= 0.6 is 0 Å². The number of benzene rings is 2. The molecule has 2 rings (SSSR count). The zero-order valence-electron chi connectivity index (χ0n) is 12.3. The first-order valence-electron chi connectivity index (χ1n) is 6.97. The van der Waals surface area contributed by atoms with E-state index in [0.29, 0.717) is 12.0 Å². The van der Waals surface area contributed by atoms with Gasteiger partial charge in [0.25, 0.3) is 5.91 Å². The number of carbonyl (C=O) groups is 2. The average molecular weight is 281 g/mol. The third-order valence-electron chi connectivity index (χ3n) is 3.32. The lowest BCUT2D eigenvalue weighted by atomic mass is 10.1. The summed E-state index contributed by atoms with van der Waals surface area (Å²) in [5.41, 5.74) is 3.62. The molecule has 0 unspecified atom stereocenters. The second kappa shape index (κ2) is 6.84. The highest BCUT2D eigenvalue weighted by Crippen LogP contribution is 2.07.